The van der Waals surface area contributed by atoms with Gasteiger partial charge in [-0.05, 0) is 86.3 Å². The van der Waals surface area contributed by atoms with Gasteiger partial charge in [-0.2, -0.15) is 0 Å². The first-order valence-corrected chi connectivity index (χ1v) is 19.8. The summed E-state index contributed by atoms with van der Waals surface area (Å²) in [6, 6.07) is 66.8. The summed E-state index contributed by atoms with van der Waals surface area (Å²) >= 11 is 0. The molecule has 2 aliphatic rings. The standard InChI is InChI=1S/C55H43N/c1-55-36-11-10-17-51(55)54-49-16-8-9-18-52(49)56(53(54)35-37-55)48-33-31-45(32-34-48)42-21-19-39(20-22-42)38-50(46-27-23-43(24-28-46)40-12-4-2-5-13-40)47-29-25-44(26-30-47)41-14-6-3-7-15-41/h2-37,50-51H,38H2,1H3. The molecule has 8 aromatic rings. The van der Waals surface area contributed by atoms with Crippen LogP contribution in [0.1, 0.15) is 46.7 Å². The van der Waals surface area contributed by atoms with E-state index >= 15 is 0 Å². The number of nitrogens with zero attached hydrogens (tertiary/aromatic N) is 1. The predicted octanol–water partition coefficient (Wildman–Crippen LogP) is 14.2. The third-order valence-corrected chi connectivity index (χ3v) is 12.1. The van der Waals surface area contributed by atoms with E-state index < -0.39 is 0 Å². The zero-order valence-electron chi connectivity index (χ0n) is 31.6. The third-order valence-electron chi connectivity index (χ3n) is 12.1. The largest absolute Gasteiger partial charge is 0.310 e. The molecule has 0 amide bonds. The van der Waals surface area contributed by atoms with Crippen LogP contribution in [0.4, 0.5) is 0 Å². The van der Waals surface area contributed by atoms with Crippen LogP contribution in [-0.2, 0) is 6.42 Å². The Balaban J connectivity index is 0.937. The van der Waals surface area contributed by atoms with Crippen LogP contribution in [0.2, 0.25) is 0 Å². The van der Waals surface area contributed by atoms with E-state index in [2.05, 4.69) is 230 Å². The maximum Gasteiger partial charge on any atom is 0.0537 e. The highest BCUT2D eigenvalue weighted by Crippen LogP contribution is 2.50. The minimum Gasteiger partial charge on any atom is -0.310 e. The first kappa shape index (κ1) is 33.8. The van der Waals surface area contributed by atoms with Crippen molar-refractivity contribution in [2.45, 2.75) is 25.2 Å². The van der Waals surface area contributed by atoms with Gasteiger partial charge in [0.25, 0.3) is 0 Å². The molecule has 7 aromatic carbocycles. The first-order chi connectivity index (χ1) is 27.6. The van der Waals surface area contributed by atoms with Crippen molar-refractivity contribution < 1.29 is 0 Å². The Morgan fingerprint density at radius 2 is 1.00 bits per heavy atom. The molecule has 10 rings (SSSR count). The minimum absolute atomic E-state index is 0.00721. The Bertz CT molecular complexity index is 2650. The molecule has 0 fully saturated rings. The van der Waals surface area contributed by atoms with Gasteiger partial charge in [-0.1, -0.05) is 201 Å². The fourth-order valence-corrected chi connectivity index (χ4v) is 9.01. The zero-order chi connectivity index (χ0) is 37.5. The molecule has 2 unspecified atom stereocenters. The first-order valence-electron chi connectivity index (χ1n) is 19.8. The van der Waals surface area contributed by atoms with E-state index in [4.69, 9.17) is 0 Å². The van der Waals surface area contributed by atoms with Crippen LogP contribution >= 0.6 is 0 Å². The van der Waals surface area contributed by atoms with E-state index in [1.165, 1.54) is 77.9 Å². The maximum atomic E-state index is 2.44. The van der Waals surface area contributed by atoms with Gasteiger partial charge in [0.05, 0.1) is 11.2 Å². The lowest BCUT2D eigenvalue weighted by Crippen LogP contribution is -2.24. The molecule has 2 atom stereocenters. The summed E-state index contributed by atoms with van der Waals surface area (Å²) in [5, 5.41) is 1.33. The minimum atomic E-state index is -0.00721. The molecule has 1 aromatic heterocycles. The summed E-state index contributed by atoms with van der Waals surface area (Å²) in [6.45, 7) is 2.34. The van der Waals surface area contributed by atoms with Crippen LogP contribution in [0.5, 0.6) is 0 Å². The van der Waals surface area contributed by atoms with Gasteiger partial charge in [0.15, 0.2) is 0 Å². The Hall–Kier alpha value is -6.70. The van der Waals surface area contributed by atoms with E-state index in [-0.39, 0.29) is 11.3 Å². The van der Waals surface area contributed by atoms with Crippen molar-refractivity contribution in [3.63, 3.8) is 0 Å². The normalized spacial score (nSPS) is 16.9. The molecular weight excluding hydrogens is 675 g/mol. The fourth-order valence-electron chi connectivity index (χ4n) is 9.01. The smallest absolute Gasteiger partial charge is 0.0537 e. The Morgan fingerprint density at radius 1 is 0.500 bits per heavy atom. The molecule has 1 heterocycles. The number of hydrogen-bond donors (Lipinski definition) is 0. The van der Waals surface area contributed by atoms with Gasteiger partial charge in [-0.3, -0.25) is 0 Å². The van der Waals surface area contributed by atoms with Crippen LogP contribution in [0, 0.1) is 5.41 Å². The third kappa shape index (κ3) is 6.16. The van der Waals surface area contributed by atoms with Gasteiger partial charge in [-0.15, -0.1) is 0 Å². The number of rotatable bonds is 8. The molecule has 1 heteroatoms. The Morgan fingerprint density at radius 3 is 1.59 bits per heavy atom. The monoisotopic (exact) mass is 717 g/mol. The number of aromatic nitrogens is 1. The van der Waals surface area contributed by atoms with Crippen molar-refractivity contribution in [3.8, 4) is 39.1 Å². The number of benzene rings is 7. The summed E-state index contributed by atoms with van der Waals surface area (Å²) in [7, 11) is 0. The second kappa shape index (κ2) is 14.2. The van der Waals surface area contributed by atoms with Crippen molar-refractivity contribution in [2.24, 2.45) is 5.41 Å². The molecule has 0 bridgehead atoms. The lowest BCUT2D eigenvalue weighted by Gasteiger charge is -2.36. The maximum absolute atomic E-state index is 2.44. The van der Waals surface area contributed by atoms with Crippen LogP contribution < -0.4 is 0 Å². The molecule has 0 N–H and O–H groups in total. The van der Waals surface area contributed by atoms with Crippen LogP contribution in [-0.4, -0.2) is 4.57 Å². The van der Waals surface area contributed by atoms with Crippen molar-refractivity contribution in [1.82, 2.24) is 4.57 Å². The van der Waals surface area contributed by atoms with Crippen molar-refractivity contribution in [1.29, 1.82) is 0 Å². The van der Waals surface area contributed by atoms with Gasteiger partial charge in [0.2, 0.25) is 0 Å². The molecule has 0 spiro atoms. The molecule has 0 radical (unpaired) electrons. The molecule has 2 aliphatic carbocycles. The number of fused-ring (bicyclic) bond motifs is 5. The average Bonchev–Trinajstić information content (AvgIpc) is 3.61. The van der Waals surface area contributed by atoms with Gasteiger partial charge >= 0.3 is 0 Å². The molecule has 0 saturated carbocycles. The molecule has 56 heavy (non-hydrogen) atoms. The molecule has 268 valence electrons. The van der Waals surface area contributed by atoms with E-state index in [1.807, 2.05) is 0 Å². The number of allylic oxidation sites excluding steroid dienone is 5. The highest BCUT2D eigenvalue weighted by Gasteiger charge is 2.37. The van der Waals surface area contributed by atoms with Gasteiger partial charge in [0.1, 0.15) is 0 Å². The second-order valence-electron chi connectivity index (χ2n) is 15.5. The average molecular weight is 718 g/mol. The van der Waals surface area contributed by atoms with Gasteiger partial charge < -0.3 is 4.57 Å². The Labute approximate surface area is 330 Å². The molecule has 1 nitrogen and oxygen atoms in total. The van der Waals surface area contributed by atoms with Crippen molar-refractivity contribution in [3.05, 3.63) is 240 Å². The second-order valence-corrected chi connectivity index (χ2v) is 15.5. The number of hydrogen-bond acceptors (Lipinski definition) is 0. The van der Waals surface area contributed by atoms with Gasteiger partial charge in [0, 0.05) is 28.3 Å². The molecule has 0 saturated heterocycles. The quantitative estimate of drug-likeness (QED) is 0.147. The lowest BCUT2D eigenvalue weighted by atomic mass is 9.68. The van der Waals surface area contributed by atoms with Crippen LogP contribution in [0.3, 0.4) is 0 Å². The van der Waals surface area contributed by atoms with Crippen molar-refractivity contribution >= 4 is 17.0 Å². The van der Waals surface area contributed by atoms with E-state index in [0.29, 0.717) is 5.92 Å². The summed E-state index contributed by atoms with van der Waals surface area (Å²) in [6.07, 6.45) is 14.7. The molecular formula is C55H43N. The fraction of sp³-hybridized carbons (Fsp3) is 0.0909. The highest BCUT2D eigenvalue weighted by molar-refractivity contribution is 5.92. The molecule has 0 aliphatic heterocycles. The van der Waals surface area contributed by atoms with Crippen LogP contribution in [0.15, 0.2) is 212 Å². The summed E-state index contributed by atoms with van der Waals surface area (Å²) in [5.74, 6) is 0.544. The van der Waals surface area contributed by atoms with Crippen LogP contribution in [0.25, 0.3) is 56.0 Å². The highest BCUT2D eigenvalue weighted by atomic mass is 15.0. The topological polar surface area (TPSA) is 4.93 Å². The number of para-hydroxylation sites is 1. The predicted molar refractivity (Wildman–Crippen MR) is 236 cm³/mol. The summed E-state index contributed by atoms with van der Waals surface area (Å²) < 4.78 is 2.44. The zero-order valence-corrected chi connectivity index (χ0v) is 31.6. The lowest BCUT2D eigenvalue weighted by molar-refractivity contribution is 0.481. The van der Waals surface area contributed by atoms with E-state index in [0.717, 1.165) is 6.42 Å². The van der Waals surface area contributed by atoms with Crippen molar-refractivity contribution in [2.75, 3.05) is 0 Å². The SMILES string of the molecule is CC12C=CC=CC1c1c(n(-c3ccc(-c4ccc(CC(c5ccc(-c6ccccc6)cc5)c5ccc(-c6ccccc6)cc5)cc4)cc3)c3ccccc13)C=C2. The Kier molecular flexibility index (Phi) is 8.57. The van der Waals surface area contributed by atoms with E-state index in [1.54, 1.807) is 0 Å². The van der Waals surface area contributed by atoms with Gasteiger partial charge in [-0.25, -0.2) is 0 Å². The van der Waals surface area contributed by atoms with E-state index in [9.17, 15) is 0 Å². The summed E-state index contributed by atoms with van der Waals surface area (Å²) in [5.41, 5.74) is 16.5. The summed E-state index contributed by atoms with van der Waals surface area (Å²) in [4.78, 5) is 0.